The minimum Gasteiger partial charge on any atom is -0.469 e. The minimum atomic E-state index is -0.560. The predicted molar refractivity (Wildman–Crippen MR) is 63.3 cm³/mol. The van der Waals surface area contributed by atoms with Gasteiger partial charge in [0.2, 0.25) is 0 Å². The molecule has 0 bridgehead atoms. The molecule has 0 aliphatic carbocycles. The minimum absolute atomic E-state index is 0.203. The maximum Gasteiger partial charge on any atom is 0.305 e. The summed E-state index contributed by atoms with van der Waals surface area (Å²) in [5, 5.41) is 9.69. The Morgan fingerprint density at radius 2 is 2.29 bits per heavy atom. The summed E-state index contributed by atoms with van der Waals surface area (Å²) in [5.41, 5.74) is 0. The van der Waals surface area contributed by atoms with Gasteiger partial charge < -0.3 is 14.3 Å². The fourth-order valence-corrected chi connectivity index (χ4v) is 1.42. The van der Waals surface area contributed by atoms with Gasteiger partial charge in [0.15, 0.2) is 0 Å². The van der Waals surface area contributed by atoms with Gasteiger partial charge in [-0.25, -0.2) is 0 Å². The second-order valence-electron chi connectivity index (χ2n) is 3.69. The van der Waals surface area contributed by atoms with Gasteiger partial charge in [0, 0.05) is 6.42 Å². The first-order valence-electron chi connectivity index (χ1n) is 5.67. The first-order valence-corrected chi connectivity index (χ1v) is 5.67. The zero-order valence-corrected chi connectivity index (χ0v) is 9.96. The molecule has 0 amide bonds. The lowest BCUT2D eigenvalue weighted by Crippen LogP contribution is -1.98. The van der Waals surface area contributed by atoms with Gasteiger partial charge in [-0.2, -0.15) is 0 Å². The fraction of sp³-hybridized carbons (Fsp3) is 0.462. The van der Waals surface area contributed by atoms with E-state index in [4.69, 9.17) is 4.42 Å². The van der Waals surface area contributed by atoms with Crippen LogP contribution >= 0.6 is 0 Å². The van der Waals surface area contributed by atoms with Crippen molar-refractivity contribution in [3.05, 3.63) is 36.3 Å². The third-order valence-corrected chi connectivity index (χ3v) is 2.39. The molecule has 1 heterocycles. The Bertz CT molecular complexity index is 340. The van der Waals surface area contributed by atoms with E-state index in [1.165, 1.54) is 7.11 Å². The Morgan fingerprint density at radius 3 is 2.94 bits per heavy atom. The van der Waals surface area contributed by atoms with E-state index >= 15 is 0 Å². The van der Waals surface area contributed by atoms with Gasteiger partial charge in [-0.3, -0.25) is 4.79 Å². The van der Waals surface area contributed by atoms with Crippen LogP contribution in [0.1, 0.15) is 37.5 Å². The van der Waals surface area contributed by atoms with Crippen LogP contribution in [-0.4, -0.2) is 18.2 Å². The number of ether oxygens (including phenoxy) is 1. The number of aliphatic hydroxyl groups is 1. The Hall–Kier alpha value is -1.55. The zero-order valence-electron chi connectivity index (χ0n) is 9.96. The maximum absolute atomic E-state index is 10.8. The molecule has 1 atom stereocenters. The molecule has 0 radical (unpaired) electrons. The van der Waals surface area contributed by atoms with Crippen molar-refractivity contribution >= 4 is 5.97 Å². The standard InChI is InChI=1S/C13H18O4/c1-16-13(15)9-5-3-2-4-7-11(14)12-8-6-10-17-12/h2-3,6,8,10-11,14H,4-5,7,9H2,1H3/b3-2+. The van der Waals surface area contributed by atoms with E-state index < -0.39 is 6.10 Å². The SMILES string of the molecule is COC(=O)CC/C=C/CCC(O)c1ccco1. The molecule has 1 N–H and O–H groups in total. The monoisotopic (exact) mass is 238 g/mol. The van der Waals surface area contributed by atoms with E-state index in [1.807, 2.05) is 12.2 Å². The van der Waals surface area contributed by atoms with Crippen LogP contribution in [0.25, 0.3) is 0 Å². The van der Waals surface area contributed by atoms with Gasteiger partial charge in [-0.1, -0.05) is 12.2 Å². The van der Waals surface area contributed by atoms with Crippen molar-refractivity contribution in [2.24, 2.45) is 0 Å². The highest BCUT2D eigenvalue weighted by atomic mass is 16.5. The second-order valence-corrected chi connectivity index (χ2v) is 3.69. The highest BCUT2D eigenvalue weighted by Gasteiger charge is 2.08. The van der Waals surface area contributed by atoms with E-state index in [1.54, 1.807) is 18.4 Å². The van der Waals surface area contributed by atoms with Gasteiger partial charge in [0.25, 0.3) is 0 Å². The lowest BCUT2D eigenvalue weighted by atomic mass is 10.1. The van der Waals surface area contributed by atoms with E-state index in [-0.39, 0.29) is 5.97 Å². The Kier molecular flexibility index (Phi) is 6.10. The number of aliphatic hydroxyl groups excluding tert-OH is 1. The van der Waals surface area contributed by atoms with Crippen molar-refractivity contribution in [3.8, 4) is 0 Å². The quantitative estimate of drug-likeness (QED) is 0.586. The third kappa shape index (κ3) is 5.36. The van der Waals surface area contributed by atoms with Crippen LogP contribution in [0.4, 0.5) is 0 Å². The molecular formula is C13H18O4. The number of allylic oxidation sites excluding steroid dienone is 2. The molecule has 17 heavy (non-hydrogen) atoms. The van der Waals surface area contributed by atoms with Crippen LogP contribution in [0.5, 0.6) is 0 Å². The number of esters is 1. The summed E-state index contributed by atoms with van der Waals surface area (Å²) in [6, 6.07) is 3.51. The first kappa shape index (κ1) is 13.5. The smallest absolute Gasteiger partial charge is 0.305 e. The van der Waals surface area contributed by atoms with Crippen LogP contribution in [0, 0.1) is 0 Å². The summed E-state index contributed by atoms with van der Waals surface area (Å²) in [7, 11) is 1.38. The largest absolute Gasteiger partial charge is 0.469 e. The van der Waals surface area contributed by atoms with E-state index in [0.29, 0.717) is 25.0 Å². The Balaban J connectivity index is 2.11. The molecule has 0 spiro atoms. The molecule has 1 unspecified atom stereocenters. The summed E-state index contributed by atoms with van der Waals surface area (Å²) in [6.07, 6.45) is 7.30. The molecule has 1 aromatic rings. The lowest BCUT2D eigenvalue weighted by molar-refractivity contribution is -0.140. The molecule has 4 nitrogen and oxygen atoms in total. The number of furan rings is 1. The molecule has 4 heteroatoms. The Morgan fingerprint density at radius 1 is 1.53 bits per heavy atom. The van der Waals surface area contributed by atoms with Crippen LogP contribution in [0.2, 0.25) is 0 Å². The maximum atomic E-state index is 10.8. The van der Waals surface area contributed by atoms with Gasteiger partial charge in [0.1, 0.15) is 11.9 Å². The number of rotatable bonds is 7. The van der Waals surface area contributed by atoms with Crippen molar-refractivity contribution in [2.45, 2.75) is 31.8 Å². The van der Waals surface area contributed by atoms with Crippen LogP contribution < -0.4 is 0 Å². The molecule has 94 valence electrons. The number of hydrogen-bond donors (Lipinski definition) is 1. The Labute approximate surface area is 101 Å². The normalized spacial score (nSPS) is 12.8. The van der Waals surface area contributed by atoms with Crippen LogP contribution in [0.15, 0.2) is 35.0 Å². The first-order chi connectivity index (χ1) is 8.24. The van der Waals surface area contributed by atoms with Gasteiger partial charge >= 0.3 is 5.97 Å². The molecule has 0 saturated carbocycles. The van der Waals surface area contributed by atoms with Gasteiger partial charge in [-0.05, 0) is 31.4 Å². The topological polar surface area (TPSA) is 59.7 Å². The third-order valence-electron chi connectivity index (χ3n) is 2.39. The fourth-order valence-electron chi connectivity index (χ4n) is 1.42. The molecule has 1 aromatic heterocycles. The van der Waals surface area contributed by atoms with Crippen LogP contribution in [0.3, 0.4) is 0 Å². The average Bonchev–Trinajstić information content (AvgIpc) is 2.86. The van der Waals surface area contributed by atoms with E-state index in [0.717, 1.165) is 6.42 Å². The number of carbonyl (C=O) groups excluding carboxylic acids is 1. The lowest BCUT2D eigenvalue weighted by Gasteiger charge is -2.04. The second kappa shape index (κ2) is 7.68. The predicted octanol–water partition coefficient (Wildman–Crippen LogP) is 2.60. The van der Waals surface area contributed by atoms with Gasteiger partial charge in [-0.15, -0.1) is 0 Å². The molecule has 1 rings (SSSR count). The van der Waals surface area contributed by atoms with Crippen molar-refractivity contribution in [1.82, 2.24) is 0 Å². The number of methoxy groups -OCH3 is 1. The highest BCUT2D eigenvalue weighted by molar-refractivity contribution is 5.69. The van der Waals surface area contributed by atoms with E-state index in [9.17, 15) is 9.90 Å². The average molecular weight is 238 g/mol. The highest BCUT2D eigenvalue weighted by Crippen LogP contribution is 2.18. The summed E-state index contributed by atoms with van der Waals surface area (Å²) in [4.78, 5) is 10.8. The summed E-state index contributed by atoms with van der Waals surface area (Å²) in [5.74, 6) is 0.387. The summed E-state index contributed by atoms with van der Waals surface area (Å²) < 4.78 is 9.60. The molecule has 0 aromatic carbocycles. The summed E-state index contributed by atoms with van der Waals surface area (Å²) >= 11 is 0. The number of carbonyl (C=O) groups is 1. The zero-order chi connectivity index (χ0) is 12.5. The molecular weight excluding hydrogens is 220 g/mol. The molecule has 0 saturated heterocycles. The molecule has 0 aliphatic heterocycles. The van der Waals surface area contributed by atoms with Crippen molar-refractivity contribution < 1.29 is 19.1 Å². The van der Waals surface area contributed by atoms with Crippen molar-refractivity contribution in [2.75, 3.05) is 7.11 Å². The molecule has 0 aliphatic rings. The summed E-state index contributed by atoms with van der Waals surface area (Å²) in [6.45, 7) is 0. The van der Waals surface area contributed by atoms with Crippen LogP contribution in [-0.2, 0) is 9.53 Å². The van der Waals surface area contributed by atoms with E-state index in [2.05, 4.69) is 4.74 Å². The van der Waals surface area contributed by atoms with Crippen molar-refractivity contribution in [3.63, 3.8) is 0 Å². The molecule has 0 fully saturated rings. The van der Waals surface area contributed by atoms with Crippen molar-refractivity contribution in [1.29, 1.82) is 0 Å². The van der Waals surface area contributed by atoms with Gasteiger partial charge in [0.05, 0.1) is 13.4 Å². The number of hydrogen-bond acceptors (Lipinski definition) is 4.